The van der Waals surface area contributed by atoms with Crippen LogP contribution in [-0.2, 0) is 0 Å². The summed E-state index contributed by atoms with van der Waals surface area (Å²) in [6.45, 7) is 0. The van der Waals surface area contributed by atoms with E-state index in [2.05, 4.69) is 20.9 Å². The summed E-state index contributed by atoms with van der Waals surface area (Å²) < 4.78 is 8.12. The number of fused-ring (bicyclic) bond motifs is 1. The van der Waals surface area contributed by atoms with Gasteiger partial charge in [-0.2, -0.15) is 0 Å². The Labute approximate surface area is 79.4 Å². The lowest BCUT2D eigenvalue weighted by atomic mass is 10.2. The third-order valence-electron chi connectivity index (χ3n) is 1.61. The van der Waals surface area contributed by atoms with Gasteiger partial charge in [0.1, 0.15) is 5.52 Å². The molecule has 1 aromatic carbocycles. The number of halogens is 1. The largest absolute Gasteiger partial charge is 0.505 e. The van der Waals surface area contributed by atoms with E-state index in [1.807, 2.05) is 0 Å². The Morgan fingerprint density at radius 2 is 2.33 bits per heavy atom. The Hall–Kier alpha value is -1.09. The van der Waals surface area contributed by atoms with Gasteiger partial charge in [-0.1, -0.05) is 12.1 Å². The van der Waals surface area contributed by atoms with Gasteiger partial charge >= 0.3 is 0 Å². The SMILES string of the molecule is [2H]c1cc(Br)c(O)c2ncccc12. The predicted molar refractivity (Wildman–Crippen MR) is 51.1 cm³/mol. The molecule has 0 bridgehead atoms. The van der Waals surface area contributed by atoms with Crippen LogP contribution in [-0.4, -0.2) is 10.1 Å². The molecule has 1 heterocycles. The molecule has 1 N–H and O–H groups in total. The average molecular weight is 225 g/mol. The first kappa shape index (κ1) is 6.43. The van der Waals surface area contributed by atoms with E-state index in [4.69, 9.17) is 1.37 Å². The van der Waals surface area contributed by atoms with Gasteiger partial charge in [-0.3, -0.25) is 4.98 Å². The Morgan fingerprint density at radius 1 is 1.50 bits per heavy atom. The minimum Gasteiger partial charge on any atom is -0.505 e. The lowest BCUT2D eigenvalue weighted by Gasteiger charge is -2.00. The molecular formula is C9H6BrNO. The van der Waals surface area contributed by atoms with Crippen molar-refractivity contribution >= 4 is 26.8 Å². The molecule has 0 aliphatic heterocycles. The number of benzene rings is 1. The van der Waals surface area contributed by atoms with E-state index in [-0.39, 0.29) is 5.75 Å². The molecule has 2 rings (SSSR count). The van der Waals surface area contributed by atoms with Crippen molar-refractivity contribution in [2.45, 2.75) is 0 Å². The second kappa shape index (κ2) is 2.75. The minimum absolute atomic E-state index is 0.0894. The van der Waals surface area contributed by atoms with Gasteiger partial charge in [0.15, 0.2) is 5.75 Å². The van der Waals surface area contributed by atoms with Crippen LogP contribution in [0, 0.1) is 0 Å². The van der Waals surface area contributed by atoms with Gasteiger partial charge in [0, 0.05) is 11.6 Å². The highest BCUT2D eigenvalue weighted by molar-refractivity contribution is 9.10. The lowest BCUT2D eigenvalue weighted by Crippen LogP contribution is -1.78. The molecule has 0 unspecified atom stereocenters. The molecule has 1 aromatic heterocycles. The molecule has 0 amide bonds. The molecule has 2 aromatic rings. The van der Waals surface area contributed by atoms with Crippen molar-refractivity contribution in [3.63, 3.8) is 0 Å². The first-order valence-corrected chi connectivity index (χ1v) is 4.22. The highest BCUT2D eigenvalue weighted by Crippen LogP contribution is 2.30. The van der Waals surface area contributed by atoms with E-state index in [1.54, 1.807) is 24.4 Å². The van der Waals surface area contributed by atoms with Crippen LogP contribution in [0.1, 0.15) is 1.37 Å². The summed E-state index contributed by atoms with van der Waals surface area (Å²) >= 11 is 3.16. The zero-order valence-electron chi connectivity index (χ0n) is 7.08. The molecule has 0 radical (unpaired) electrons. The number of phenolic OH excluding ortho intramolecular Hbond substituents is 1. The van der Waals surface area contributed by atoms with Crippen molar-refractivity contribution in [1.29, 1.82) is 0 Å². The van der Waals surface area contributed by atoms with Crippen LogP contribution in [0.2, 0.25) is 0 Å². The number of hydrogen-bond acceptors (Lipinski definition) is 2. The summed E-state index contributed by atoms with van der Waals surface area (Å²) in [7, 11) is 0. The molecule has 60 valence electrons. The molecule has 0 aliphatic carbocycles. The summed E-state index contributed by atoms with van der Waals surface area (Å²) in [4.78, 5) is 4.00. The first-order chi connectivity index (χ1) is 6.20. The smallest absolute Gasteiger partial charge is 0.156 e. The first-order valence-electron chi connectivity index (χ1n) is 3.93. The number of aromatic nitrogens is 1. The fraction of sp³-hybridized carbons (Fsp3) is 0. The zero-order valence-corrected chi connectivity index (χ0v) is 7.67. The minimum atomic E-state index is 0.0894. The van der Waals surface area contributed by atoms with Gasteiger partial charge in [-0.25, -0.2) is 0 Å². The Kier molecular flexibility index (Phi) is 1.47. The summed E-state index contributed by atoms with van der Waals surface area (Å²) in [6, 6.07) is 5.41. The molecule has 0 saturated carbocycles. The third kappa shape index (κ3) is 1.06. The fourth-order valence-electron chi connectivity index (χ4n) is 1.03. The van der Waals surface area contributed by atoms with Crippen molar-refractivity contribution in [3.05, 3.63) is 34.9 Å². The zero-order chi connectivity index (χ0) is 9.42. The van der Waals surface area contributed by atoms with E-state index in [0.29, 0.717) is 21.4 Å². The summed E-state index contributed by atoms with van der Waals surface area (Å²) in [5.74, 6) is 0.0894. The number of pyridine rings is 1. The van der Waals surface area contributed by atoms with E-state index >= 15 is 0 Å². The molecule has 12 heavy (non-hydrogen) atoms. The van der Waals surface area contributed by atoms with E-state index in [1.165, 1.54) is 0 Å². The van der Waals surface area contributed by atoms with Crippen molar-refractivity contribution < 1.29 is 6.48 Å². The maximum atomic E-state index is 9.59. The Bertz CT molecular complexity index is 472. The Morgan fingerprint density at radius 3 is 3.17 bits per heavy atom. The molecule has 0 fully saturated rings. The molecule has 0 aliphatic rings. The predicted octanol–water partition coefficient (Wildman–Crippen LogP) is 2.70. The molecule has 0 atom stereocenters. The number of rotatable bonds is 0. The topological polar surface area (TPSA) is 33.1 Å². The Balaban J connectivity index is 2.97. The second-order valence-electron chi connectivity index (χ2n) is 2.38. The van der Waals surface area contributed by atoms with Gasteiger partial charge in [0.25, 0.3) is 0 Å². The highest BCUT2D eigenvalue weighted by atomic mass is 79.9. The molecule has 2 nitrogen and oxygen atoms in total. The van der Waals surface area contributed by atoms with Crippen molar-refractivity contribution in [2.24, 2.45) is 0 Å². The second-order valence-corrected chi connectivity index (χ2v) is 3.24. The third-order valence-corrected chi connectivity index (χ3v) is 2.22. The maximum absolute atomic E-state index is 9.59. The van der Waals surface area contributed by atoms with Crippen LogP contribution in [0.3, 0.4) is 0 Å². The van der Waals surface area contributed by atoms with Gasteiger partial charge in [-0.15, -0.1) is 0 Å². The average Bonchev–Trinajstić information content (AvgIpc) is 2.15. The lowest BCUT2D eigenvalue weighted by molar-refractivity contribution is 0.477. The standard InChI is InChI=1S/C9H6BrNO/c10-7-4-3-6-2-1-5-11-8(6)9(7)12/h1-5,12H/i3D. The maximum Gasteiger partial charge on any atom is 0.156 e. The van der Waals surface area contributed by atoms with Gasteiger partial charge < -0.3 is 5.11 Å². The summed E-state index contributed by atoms with van der Waals surface area (Å²) in [6.07, 6.45) is 1.59. The van der Waals surface area contributed by atoms with E-state index in [0.717, 1.165) is 0 Å². The highest BCUT2D eigenvalue weighted by Gasteiger charge is 2.03. The molecular weight excluding hydrogens is 218 g/mol. The van der Waals surface area contributed by atoms with Crippen LogP contribution in [0.25, 0.3) is 10.9 Å². The van der Waals surface area contributed by atoms with Crippen LogP contribution >= 0.6 is 15.9 Å². The summed E-state index contributed by atoms with van der Waals surface area (Å²) in [5, 5.41) is 10.2. The number of phenols is 1. The van der Waals surface area contributed by atoms with Gasteiger partial charge in [0.2, 0.25) is 0 Å². The van der Waals surface area contributed by atoms with Crippen molar-refractivity contribution in [1.82, 2.24) is 4.98 Å². The van der Waals surface area contributed by atoms with Gasteiger partial charge in [0.05, 0.1) is 5.84 Å². The molecule has 0 saturated heterocycles. The van der Waals surface area contributed by atoms with Crippen LogP contribution < -0.4 is 0 Å². The quantitative estimate of drug-likeness (QED) is 0.747. The van der Waals surface area contributed by atoms with E-state index < -0.39 is 0 Å². The molecule has 3 heteroatoms. The van der Waals surface area contributed by atoms with Crippen LogP contribution in [0.15, 0.2) is 34.9 Å². The van der Waals surface area contributed by atoms with Crippen LogP contribution in [0.4, 0.5) is 0 Å². The van der Waals surface area contributed by atoms with Gasteiger partial charge in [-0.05, 0) is 28.1 Å². The van der Waals surface area contributed by atoms with Crippen LogP contribution in [0.5, 0.6) is 5.75 Å². The monoisotopic (exact) mass is 224 g/mol. The molecule has 0 spiro atoms. The van der Waals surface area contributed by atoms with Crippen molar-refractivity contribution in [2.75, 3.05) is 0 Å². The number of hydrogen-bond donors (Lipinski definition) is 1. The van der Waals surface area contributed by atoms with Crippen molar-refractivity contribution in [3.8, 4) is 5.75 Å². The fourth-order valence-corrected chi connectivity index (χ4v) is 1.34. The number of nitrogens with zero attached hydrogens (tertiary/aromatic N) is 1. The summed E-state index contributed by atoms with van der Waals surface area (Å²) in [5.41, 5.74) is 0.460. The normalized spacial score (nSPS) is 11.6. The number of aromatic hydroxyl groups is 1. The van der Waals surface area contributed by atoms with E-state index in [9.17, 15) is 5.11 Å².